The van der Waals surface area contributed by atoms with Crippen molar-refractivity contribution in [2.45, 2.75) is 84.0 Å². The van der Waals surface area contributed by atoms with E-state index >= 15 is 0 Å². The summed E-state index contributed by atoms with van der Waals surface area (Å²) in [5.41, 5.74) is 1.62. The second-order valence-electron chi connectivity index (χ2n) is 9.09. The summed E-state index contributed by atoms with van der Waals surface area (Å²) in [6.07, 6.45) is 25.2. The van der Waals surface area contributed by atoms with Crippen LogP contribution in [0.5, 0.6) is 17.2 Å². The SMILES string of the molecule is CCCCC/C=C\C/C=C\CCCCCCCC(=O)Oc1c(O)cc(C=Cc2ccccc2)cc1O. The highest BCUT2D eigenvalue weighted by Gasteiger charge is 2.14. The van der Waals surface area contributed by atoms with Crippen LogP contribution in [0, 0.1) is 0 Å². The molecule has 0 radical (unpaired) electrons. The maximum absolute atomic E-state index is 12.2. The van der Waals surface area contributed by atoms with Gasteiger partial charge in [0.2, 0.25) is 5.75 Å². The Morgan fingerprint density at radius 1 is 0.750 bits per heavy atom. The van der Waals surface area contributed by atoms with Crippen molar-refractivity contribution in [2.24, 2.45) is 0 Å². The van der Waals surface area contributed by atoms with Crippen molar-refractivity contribution in [3.05, 3.63) is 77.9 Å². The molecular formula is C32H42O4. The number of rotatable bonds is 17. The van der Waals surface area contributed by atoms with Gasteiger partial charge in [0.15, 0.2) is 11.5 Å². The molecule has 2 aromatic rings. The Morgan fingerprint density at radius 2 is 1.33 bits per heavy atom. The average molecular weight is 491 g/mol. The van der Waals surface area contributed by atoms with Crippen LogP contribution in [-0.4, -0.2) is 16.2 Å². The number of esters is 1. The van der Waals surface area contributed by atoms with Gasteiger partial charge in [0.25, 0.3) is 0 Å². The van der Waals surface area contributed by atoms with Gasteiger partial charge in [-0.1, -0.05) is 106 Å². The Bertz CT molecular complexity index is 950. The third-order valence-electron chi connectivity index (χ3n) is 5.89. The van der Waals surface area contributed by atoms with Gasteiger partial charge in [-0.15, -0.1) is 0 Å². The minimum atomic E-state index is -0.446. The second kappa shape index (κ2) is 18.1. The molecule has 0 unspecified atom stereocenters. The summed E-state index contributed by atoms with van der Waals surface area (Å²) in [6, 6.07) is 12.7. The van der Waals surface area contributed by atoms with Crippen LogP contribution in [0.4, 0.5) is 0 Å². The summed E-state index contributed by atoms with van der Waals surface area (Å²) in [5, 5.41) is 20.5. The van der Waals surface area contributed by atoms with Crippen LogP contribution in [0.15, 0.2) is 66.8 Å². The molecule has 2 aromatic carbocycles. The number of ether oxygens (including phenoxy) is 1. The molecule has 2 rings (SSSR count). The molecule has 36 heavy (non-hydrogen) atoms. The lowest BCUT2D eigenvalue weighted by atomic mass is 10.1. The van der Waals surface area contributed by atoms with E-state index in [0.29, 0.717) is 5.56 Å². The van der Waals surface area contributed by atoms with E-state index in [0.717, 1.165) is 50.5 Å². The Hall–Kier alpha value is -3.27. The molecule has 4 nitrogen and oxygen atoms in total. The fourth-order valence-corrected chi connectivity index (χ4v) is 3.82. The van der Waals surface area contributed by atoms with Gasteiger partial charge in [-0.25, -0.2) is 0 Å². The predicted octanol–water partition coefficient (Wildman–Crippen LogP) is 8.99. The molecule has 0 aliphatic rings. The van der Waals surface area contributed by atoms with Gasteiger partial charge in [-0.2, -0.15) is 0 Å². The third kappa shape index (κ3) is 12.4. The van der Waals surface area contributed by atoms with E-state index in [4.69, 9.17) is 4.74 Å². The number of allylic oxidation sites excluding steroid dienone is 4. The quantitative estimate of drug-likeness (QED) is 0.0763. The van der Waals surface area contributed by atoms with Crippen LogP contribution in [0.3, 0.4) is 0 Å². The summed E-state index contributed by atoms with van der Waals surface area (Å²) in [7, 11) is 0. The van der Waals surface area contributed by atoms with Crippen molar-refractivity contribution in [1.29, 1.82) is 0 Å². The predicted molar refractivity (Wildman–Crippen MR) is 150 cm³/mol. The highest BCUT2D eigenvalue weighted by molar-refractivity contribution is 5.76. The zero-order valence-corrected chi connectivity index (χ0v) is 21.7. The molecule has 0 aliphatic carbocycles. The first-order chi connectivity index (χ1) is 17.6. The van der Waals surface area contributed by atoms with Gasteiger partial charge in [0.05, 0.1) is 0 Å². The van der Waals surface area contributed by atoms with E-state index in [1.807, 2.05) is 36.4 Å². The van der Waals surface area contributed by atoms with Crippen LogP contribution in [-0.2, 0) is 4.79 Å². The molecule has 0 aliphatic heterocycles. The second-order valence-corrected chi connectivity index (χ2v) is 9.09. The van der Waals surface area contributed by atoms with Crippen molar-refractivity contribution >= 4 is 18.1 Å². The molecule has 2 N–H and O–H groups in total. The van der Waals surface area contributed by atoms with Crippen molar-refractivity contribution in [3.8, 4) is 17.2 Å². The van der Waals surface area contributed by atoms with Crippen LogP contribution < -0.4 is 4.74 Å². The maximum Gasteiger partial charge on any atom is 0.311 e. The van der Waals surface area contributed by atoms with E-state index in [9.17, 15) is 15.0 Å². The van der Waals surface area contributed by atoms with E-state index < -0.39 is 5.97 Å². The first-order valence-electron chi connectivity index (χ1n) is 13.4. The zero-order chi connectivity index (χ0) is 25.8. The summed E-state index contributed by atoms with van der Waals surface area (Å²) >= 11 is 0. The minimum Gasteiger partial charge on any atom is -0.504 e. The number of carbonyl (C=O) groups excluding carboxylic acids is 1. The highest BCUT2D eigenvalue weighted by atomic mass is 16.5. The van der Waals surface area contributed by atoms with Gasteiger partial charge in [-0.05, 0) is 61.8 Å². The molecule has 4 heteroatoms. The minimum absolute atomic E-state index is 0.181. The molecule has 0 saturated heterocycles. The van der Waals surface area contributed by atoms with E-state index in [-0.39, 0.29) is 23.7 Å². The lowest BCUT2D eigenvalue weighted by molar-refractivity contribution is -0.134. The number of carbonyl (C=O) groups is 1. The average Bonchev–Trinajstić information content (AvgIpc) is 2.88. The molecule has 0 spiro atoms. The number of hydrogen-bond acceptors (Lipinski definition) is 4. The number of hydrogen-bond donors (Lipinski definition) is 2. The highest BCUT2D eigenvalue weighted by Crippen LogP contribution is 2.37. The zero-order valence-electron chi connectivity index (χ0n) is 21.7. The molecule has 0 bridgehead atoms. The van der Waals surface area contributed by atoms with Crippen LogP contribution in [0.1, 0.15) is 95.1 Å². The fourth-order valence-electron chi connectivity index (χ4n) is 3.82. The summed E-state index contributed by atoms with van der Waals surface area (Å²) < 4.78 is 5.24. The summed E-state index contributed by atoms with van der Waals surface area (Å²) in [6.45, 7) is 2.23. The van der Waals surface area contributed by atoms with Gasteiger partial charge < -0.3 is 14.9 Å². The molecular weight excluding hydrogens is 448 g/mol. The molecule has 0 atom stereocenters. The van der Waals surface area contributed by atoms with Gasteiger partial charge in [0, 0.05) is 6.42 Å². The normalized spacial score (nSPS) is 11.7. The van der Waals surface area contributed by atoms with Crippen LogP contribution in [0.25, 0.3) is 12.2 Å². The van der Waals surface area contributed by atoms with E-state index in [1.165, 1.54) is 37.8 Å². The van der Waals surface area contributed by atoms with Crippen LogP contribution >= 0.6 is 0 Å². The number of phenols is 2. The van der Waals surface area contributed by atoms with E-state index in [2.05, 4.69) is 31.2 Å². The Balaban J connectivity index is 1.59. The molecule has 0 aromatic heterocycles. The van der Waals surface area contributed by atoms with Gasteiger partial charge in [0.1, 0.15) is 0 Å². The summed E-state index contributed by atoms with van der Waals surface area (Å²) in [5.74, 6) is -1.13. The molecule has 0 heterocycles. The number of unbranched alkanes of at least 4 members (excludes halogenated alkanes) is 8. The molecule has 0 saturated carbocycles. The topological polar surface area (TPSA) is 66.8 Å². The Morgan fingerprint density at radius 3 is 2.00 bits per heavy atom. The van der Waals surface area contributed by atoms with Crippen molar-refractivity contribution in [2.75, 3.05) is 0 Å². The Labute approximate surface area is 217 Å². The monoisotopic (exact) mass is 490 g/mol. The largest absolute Gasteiger partial charge is 0.504 e. The molecule has 0 amide bonds. The number of benzene rings is 2. The van der Waals surface area contributed by atoms with Gasteiger partial charge >= 0.3 is 5.97 Å². The number of aromatic hydroxyl groups is 2. The number of phenolic OH excluding ortho intramolecular Hbond substituents is 2. The lowest BCUT2D eigenvalue weighted by Gasteiger charge is -2.09. The lowest BCUT2D eigenvalue weighted by Crippen LogP contribution is -2.08. The van der Waals surface area contributed by atoms with E-state index in [1.54, 1.807) is 6.08 Å². The fraction of sp³-hybridized carbons (Fsp3) is 0.406. The molecule has 0 fully saturated rings. The Kier molecular flexibility index (Phi) is 14.5. The van der Waals surface area contributed by atoms with Crippen LogP contribution in [0.2, 0.25) is 0 Å². The third-order valence-corrected chi connectivity index (χ3v) is 5.89. The standard InChI is InChI=1S/C32H42O4/c1-2-3-4-5-6-7-8-9-10-11-12-13-14-15-19-22-31(35)36-32-29(33)25-28(26-30(32)34)24-23-27-20-17-16-18-21-27/h6-7,9-10,16-18,20-21,23-26,33-34H,2-5,8,11-15,19,22H2,1H3/b7-6-,10-9-,24-23?. The molecule has 194 valence electrons. The van der Waals surface area contributed by atoms with Crippen molar-refractivity contribution in [1.82, 2.24) is 0 Å². The maximum atomic E-state index is 12.2. The van der Waals surface area contributed by atoms with Gasteiger partial charge in [-0.3, -0.25) is 4.79 Å². The van der Waals surface area contributed by atoms with Crippen molar-refractivity contribution in [3.63, 3.8) is 0 Å². The smallest absolute Gasteiger partial charge is 0.311 e. The summed E-state index contributed by atoms with van der Waals surface area (Å²) in [4.78, 5) is 12.2. The first kappa shape index (κ1) is 29.0. The first-order valence-corrected chi connectivity index (χ1v) is 13.4. The van der Waals surface area contributed by atoms with Crippen molar-refractivity contribution < 1.29 is 19.7 Å².